The molecule has 0 saturated carbocycles. The number of nitro groups is 1. The van der Waals surface area contributed by atoms with Gasteiger partial charge in [0.05, 0.1) is 24.9 Å². The van der Waals surface area contributed by atoms with Gasteiger partial charge in [0.2, 0.25) is 17.8 Å². The van der Waals surface area contributed by atoms with Gasteiger partial charge in [-0.2, -0.15) is 15.0 Å². The fourth-order valence-corrected chi connectivity index (χ4v) is 4.59. The number of oxime groups is 1. The van der Waals surface area contributed by atoms with Crippen molar-refractivity contribution in [2.45, 2.75) is 12.5 Å². The molecule has 0 fully saturated rings. The van der Waals surface area contributed by atoms with Crippen LogP contribution in [0.3, 0.4) is 0 Å². The van der Waals surface area contributed by atoms with Gasteiger partial charge in [-0.15, -0.1) is 0 Å². The summed E-state index contributed by atoms with van der Waals surface area (Å²) in [6.07, 6.45) is 0.0958. The second kappa shape index (κ2) is 13.0. The number of nitrogens with zero attached hydrogens (tertiary/aromatic N) is 5. The van der Waals surface area contributed by atoms with Gasteiger partial charge in [-0.3, -0.25) is 10.1 Å². The van der Waals surface area contributed by atoms with Crippen molar-refractivity contribution in [3.05, 3.63) is 118 Å². The Labute approximate surface area is 258 Å². The third-order valence-electron chi connectivity index (χ3n) is 6.92. The number of nitrogens with one attached hydrogen (secondary N) is 3. The molecule has 1 aliphatic rings. The molecule has 0 amide bonds. The molecule has 4 aromatic carbocycles. The van der Waals surface area contributed by atoms with Crippen molar-refractivity contribution in [3.8, 4) is 11.5 Å². The largest absolute Gasteiger partial charge is 0.497 e. The van der Waals surface area contributed by atoms with E-state index in [1.54, 1.807) is 26.4 Å². The summed E-state index contributed by atoms with van der Waals surface area (Å²) in [5.41, 5.74) is 4.62. The van der Waals surface area contributed by atoms with E-state index in [0.717, 1.165) is 39.8 Å². The van der Waals surface area contributed by atoms with E-state index in [1.165, 1.54) is 12.1 Å². The quantitative estimate of drug-likeness (QED) is 0.106. The molecule has 45 heavy (non-hydrogen) atoms. The fourth-order valence-electron chi connectivity index (χ4n) is 4.59. The number of aromatic nitrogens is 3. The van der Waals surface area contributed by atoms with Crippen molar-refractivity contribution in [2.75, 3.05) is 30.2 Å². The standard InChI is InChI=1S/C32H28N8O5/c1-43-26-14-10-23(11-15-26)34-31-36-30(37-32(38-31)35-24-12-16-27(44-2)17-13-24)33-22-8-6-20(7-9-22)28-19-29(45-39-28)21-4-3-5-25(18-21)40(41)42/h3-18,29H,19H2,1-2H3,(H3,33,34,35,36,37,38). The van der Waals surface area contributed by atoms with Crippen molar-refractivity contribution >= 4 is 46.3 Å². The lowest BCUT2D eigenvalue weighted by Crippen LogP contribution is -2.07. The van der Waals surface area contributed by atoms with E-state index in [1.807, 2.05) is 72.8 Å². The average molecular weight is 605 g/mol. The fraction of sp³-hybridized carbons (Fsp3) is 0.125. The van der Waals surface area contributed by atoms with Crippen LogP contribution in [0, 0.1) is 10.1 Å². The molecular formula is C32H28N8O5. The maximum Gasteiger partial charge on any atom is 0.269 e. The van der Waals surface area contributed by atoms with Crippen LogP contribution < -0.4 is 25.4 Å². The van der Waals surface area contributed by atoms with Crippen LogP contribution in [0.1, 0.15) is 23.7 Å². The molecule has 5 aromatic rings. The van der Waals surface area contributed by atoms with Crippen LogP contribution in [-0.4, -0.2) is 39.8 Å². The lowest BCUT2D eigenvalue weighted by atomic mass is 10.00. The number of rotatable bonds is 11. The van der Waals surface area contributed by atoms with E-state index in [0.29, 0.717) is 29.8 Å². The van der Waals surface area contributed by atoms with Crippen molar-refractivity contribution in [2.24, 2.45) is 5.16 Å². The maximum atomic E-state index is 11.2. The topological polar surface area (TPSA) is 158 Å². The monoisotopic (exact) mass is 604 g/mol. The summed E-state index contributed by atoms with van der Waals surface area (Å²) in [6, 6.07) is 28.8. The minimum absolute atomic E-state index is 0.0167. The van der Waals surface area contributed by atoms with E-state index in [2.05, 4.69) is 36.1 Å². The summed E-state index contributed by atoms with van der Waals surface area (Å²) in [5.74, 6) is 2.44. The Hall–Kier alpha value is -6.24. The zero-order valence-electron chi connectivity index (χ0n) is 24.3. The van der Waals surface area contributed by atoms with E-state index >= 15 is 0 Å². The third-order valence-corrected chi connectivity index (χ3v) is 6.92. The van der Waals surface area contributed by atoms with Gasteiger partial charge in [0.15, 0.2) is 6.10 Å². The van der Waals surface area contributed by atoms with Crippen molar-refractivity contribution < 1.29 is 19.2 Å². The highest BCUT2D eigenvalue weighted by Crippen LogP contribution is 2.32. The Morgan fingerprint density at radius 3 is 1.69 bits per heavy atom. The molecule has 3 N–H and O–H groups in total. The Morgan fingerprint density at radius 2 is 1.22 bits per heavy atom. The number of nitro benzene ring substituents is 1. The van der Waals surface area contributed by atoms with Crippen LogP contribution in [0.25, 0.3) is 0 Å². The van der Waals surface area contributed by atoms with Gasteiger partial charge >= 0.3 is 0 Å². The first-order valence-corrected chi connectivity index (χ1v) is 13.9. The Balaban J connectivity index is 1.18. The van der Waals surface area contributed by atoms with Crippen LogP contribution in [0.4, 0.5) is 40.6 Å². The number of non-ortho nitro benzene ring substituents is 1. The van der Waals surface area contributed by atoms with Gasteiger partial charge in [-0.1, -0.05) is 29.4 Å². The van der Waals surface area contributed by atoms with Crippen LogP contribution in [0.5, 0.6) is 11.5 Å². The molecule has 0 spiro atoms. The van der Waals surface area contributed by atoms with E-state index in [9.17, 15) is 10.1 Å². The van der Waals surface area contributed by atoms with E-state index < -0.39 is 11.0 Å². The van der Waals surface area contributed by atoms with Crippen molar-refractivity contribution in [1.82, 2.24) is 15.0 Å². The minimum atomic E-state index is -0.422. The minimum Gasteiger partial charge on any atom is -0.497 e. The van der Waals surface area contributed by atoms with Gasteiger partial charge in [0.1, 0.15) is 11.5 Å². The molecule has 1 unspecified atom stereocenters. The highest BCUT2D eigenvalue weighted by molar-refractivity contribution is 6.01. The van der Waals surface area contributed by atoms with Crippen LogP contribution in [0.15, 0.2) is 102 Å². The van der Waals surface area contributed by atoms with Gasteiger partial charge in [-0.05, 0) is 66.2 Å². The summed E-state index contributed by atoms with van der Waals surface area (Å²) < 4.78 is 10.5. The smallest absolute Gasteiger partial charge is 0.269 e. The van der Waals surface area contributed by atoms with Crippen LogP contribution >= 0.6 is 0 Å². The first-order chi connectivity index (χ1) is 21.9. The zero-order chi connectivity index (χ0) is 31.2. The van der Waals surface area contributed by atoms with Gasteiger partial charge < -0.3 is 30.3 Å². The predicted octanol–water partition coefficient (Wildman–Crippen LogP) is 6.89. The Bertz CT molecular complexity index is 1760. The van der Waals surface area contributed by atoms with Gasteiger partial charge in [0, 0.05) is 41.2 Å². The molecule has 1 aliphatic heterocycles. The molecule has 1 aromatic heterocycles. The summed E-state index contributed by atoms with van der Waals surface area (Å²) in [5, 5.41) is 25.1. The van der Waals surface area contributed by atoms with Crippen LogP contribution in [-0.2, 0) is 4.84 Å². The van der Waals surface area contributed by atoms with Gasteiger partial charge in [-0.25, -0.2) is 0 Å². The second-order valence-electron chi connectivity index (χ2n) is 9.90. The van der Waals surface area contributed by atoms with E-state index in [-0.39, 0.29) is 5.69 Å². The number of anilines is 6. The predicted molar refractivity (Wildman–Crippen MR) is 170 cm³/mol. The zero-order valence-corrected chi connectivity index (χ0v) is 24.3. The van der Waals surface area contributed by atoms with Crippen molar-refractivity contribution in [1.29, 1.82) is 0 Å². The molecule has 0 radical (unpaired) electrons. The highest BCUT2D eigenvalue weighted by Gasteiger charge is 2.25. The Kier molecular flexibility index (Phi) is 8.31. The van der Waals surface area contributed by atoms with E-state index in [4.69, 9.17) is 14.3 Å². The Morgan fingerprint density at radius 1 is 0.733 bits per heavy atom. The molecular weight excluding hydrogens is 576 g/mol. The molecule has 0 bridgehead atoms. The molecule has 226 valence electrons. The van der Waals surface area contributed by atoms with Crippen LogP contribution in [0.2, 0.25) is 0 Å². The van der Waals surface area contributed by atoms with Gasteiger partial charge in [0.25, 0.3) is 5.69 Å². The normalized spacial score (nSPS) is 13.7. The first kappa shape index (κ1) is 28.9. The lowest BCUT2D eigenvalue weighted by Gasteiger charge is -2.12. The number of ether oxygens (including phenoxy) is 2. The summed E-state index contributed by atoms with van der Waals surface area (Å²) in [6.45, 7) is 0. The summed E-state index contributed by atoms with van der Waals surface area (Å²) >= 11 is 0. The molecule has 0 saturated heterocycles. The number of hydrogen-bond donors (Lipinski definition) is 3. The highest BCUT2D eigenvalue weighted by atomic mass is 16.6. The van der Waals surface area contributed by atoms with Crippen molar-refractivity contribution in [3.63, 3.8) is 0 Å². The average Bonchev–Trinajstić information content (AvgIpc) is 3.56. The summed E-state index contributed by atoms with van der Waals surface area (Å²) in [7, 11) is 3.23. The molecule has 2 heterocycles. The molecule has 1 atom stereocenters. The molecule has 6 rings (SSSR count). The number of methoxy groups -OCH3 is 2. The molecule has 13 heteroatoms. The number of benzene rings is 4. The first-order valence-electron chi connectivity index (χ1n) is 13.9. The molecule has 0 aliphatic carbocycles. The second-order valence-corrected chi connectivity index (χ2v) is 9.90. The number of hydrogen-bond acceptors (Lipinski definition) is 12. The summed E-state index contributed by atoms with van der Waals surface area (Å²) in [4.78, 5) is 30.0. The molecule has 13 nitrogen and oxygen atoms in total. The lowest BCUT2D eigenvalue weighted by molar-refractivity contribution is -0.385. The maximum absolute atomic E-state index is 11.2. The third kappa shape index (κ3) is 7.05. The SMILES string of the molecule is COc1ccc(Nc2nc(Nc3ccc(OC)cc3)nc(Nc3ccc(C4=NOC(c5cccc([N+](=O)[O-])c5)C4)cc3)n2)cc1.